The van der Waals surface area contributed by atoms with E-state index in [1.54, 1.807) is 43.3 Å². The zero-order valence-corrected chi connectivity index (χ0v) is 18.8. The number of esters is 1. The summed E-state index contributed by atoms with van der Waals surface area (Å²) in [5.74, 6) is 0.433. The summed E-state index contributed by atoms with van der Waals surface area (Å²) in [5.41, 5.74) is 2.16. The number of ether oxygens (including phenoxy) is 3. The summed E-state index contributed by atoms with van der Waals surface area (Å²) in [7, 11) is 1.29. The summed E-state index contributed by atoms with van der Waals surface area (Å²) in [6, 6.07) is 9.29. The van der Waals surface area contributed by atoms with Gasteiger partial charge in [-0.1, -0.05) is 35.3 Å². The summed E-state index contributed by atoms with van der Waals surface area (Å²) in [5, 5.41) is 6.39. The van der Waals surface area contributed by atoms with Crippen LogP contribution in [0.3, 0.4) is 0 Å². The van der Waals surface area contributed by atoms with Gasteiger partial charge in [0.15, 0.2) is 11.5 Å². The van der Waals surface area contributed by atoms with Gasteiger partial charge >= 0.3 is 12.0 Å². The highest BCUT2D eigenvalue weighted by molar-refractivity contribution is 6.35. The fourth-order valence-corrected chi connectivity index (χ4v) is 3.67. The molecule has 0 spiro atoms. The third-order valence-corrected chi connectivity index (χ3v) is 5.26. The van der Waals surface area contributed by atoms with Gasteiger partial charge in [-0.2, -0.15) is 0 Å². The van der Waals surface area contributed by atoms with Crippen LogP contribution in [0.25, 0.3) is 0 Å². The Morgan fingerprint density at radius 1 is 1.10 bits per heavy atom. The minimum Gasteiger partial charge on any atom is -0.490 e. The Balaban J connectivity index is 1.91. The summed E-state index contributed by atoms with van der Waals surface area (Å²) < 4.78 is 16.6. The number of hydrogen-bond acceptors (Lipinski definition) is 5. The monoisotopic (exact) mass is 464 g/mol. The van der Waals surface area contributed by atoms with Crippen LogP contribution in [-0.2, 0) is 16.1 Å². The Kier molecular flexibility index (Phi) is 7.30. The van der Waals surface area contributed by atoms with Crippen LogP contribution in [0.1, 0.15) is 31.0 Å². The first-order valence-corrected chi connectivity index (χ1v) is 10.3. The first-order chi connectivity index (χ1) is 14.8. The average molecular weight is 465 g/mol. The molecule has 1 aliphatic rings. The minimum atomic E-state index is -0.694. The summed E-state index contributed by atoms with van der Waals surface area (Å²) in [4.78, 5) is 24.3. The van der Waals surface area contributed by atoms with E-state index in [4.69, 9.17) is 37.4 Å². The van der Waals surface area contributed by atoms with Crippen molar-refractivity contribution in [3.63, 3.8) is 0 Å². The van der Waals surface area contributed by atoms with Crippen LogP contribution < -0.4 is 20.1 Å². The van der Waals surface area contributed by atoms with Gasteiger partial charge in [-0.3, -0.25) is 0 Å². The molecule has 3 rings (SSSR count). The van der Waals surface area contributed by atoms with E-state index < -0.39 is 18.0 Å². The van der Waals surface area contributed by atoms with E-state index in [1.165, 1.54) is 7.11 Å². The van der Waals surface area contributed by atoms with Crippen LogP contribution >= 0.6 is 23.2 Å². The number of urea groups is 1. The number of benzene rings is 2. The lowest BCUT2D eigenvalue weighted by molar-refractivity contribution is -0.136. The number of hydrogen-bond donors (Lipinski definition) is 2. The Morgan fingerprint density at radius 3 is 2.55 bits per heavy atom. The van der Waals surface area contributed by atoms with Crippen LogP contribution in [0.5, 0.6) is 11.5 Å². The van der Waals surface area contributed by atoms with Crippen molar-refractivity contribution >= 4 is 35.2 Å². The quantitative estimate of drug-likeness (QED) is 0.576. The number of amides is 2. The molecule has 2 aromatic rings. The van der Waals surface area contributed by atoms with Gasteiger partial charge < -0.3 is 24.8 Å². The van der Waals surface area contributed by atoms with E-state index >= 15 is 0 Å². The molecule has 0 saturated heterocycles. The molecule has 2 amide bonds. The molecule has 31 heavy (non-hydrogen) atoms. The molecule has 0 radical (unpaired) electrons. The lowest BCUT2D eigenvalue weighted by Gasteiger charge is -2.28. The Morgan fingerprint density at radius 2 is 1.87 bits per heavy atom. The predicted molar refractivity (Wildman–Crippen MR) is 118 cm³/mol. The molecule has 1 aliphatic heterocycles. The third-order valence-electron chi connectivity index (χ3n) is 4.67. The third kappa shape index (κ3) is 5.24. The maximum atomic E-state index is 12.3. The van der Waals surface area contributed by atoms with Crippen LogP contribution in [-0.4, -0.2) is 25.7 Å². The normalized spacial score (nSPS) is 15.8. The molecule has 0 bridgehead atoms. The molecule has 1 unspecified atom stereocenters. The van der Waals surface area contributed by atoms with Crippen LogP contribution in [0.2, 0.25) is 10.0 Å². The van der Waals surface area contributed by atoms with Crippen molar-refractivity contribution in [3.8, 4) is 11.5 Å². The Bertz CT molecular complexity index is 1040. The van der Waals surface area contributed by atoms with E-state index in [0.717, 1.165) is 5.56 Å². The number of halogens is 2. The van der Waals surface area contributed by atoms with E-state index in [1.807, 2.05) is 6.92 Å². The molecule has 1 heterocycles. The second-order valence-electron chi connectivity index (χ2n) is 6.73. The number of nitrogens with one attached hydrogen (secondary N) is 2. The van der Waals surface area contributed by atoms with Gasteiger partial charge in [-0.05, 0) is 43.7 Å². The number of rotatable bonds is 7. The van der Waals surface area contributed by atoms with E-state index in [2.05, 4.69) is 10.6 Å². The number of allylic oxidation sites excluding steroid dienone is 1. The van der Waals surface area contributed by atoms with Crippen molar-refractivity contribution in [2.24, 2.45) is 0 Å². The number of methoxy groups -OCH3 is 1. The molecule has 164 valence electrons. The second-order valence-corrected chi connectivity index (χ2v) is 7.57. The summed E-state index contributed by atoms with van der Waals surface area (Å²) in [6.07, 6.45) is 0. The van der Waals surface area contributed by atoms with Gasteiger partial charge in [0.1, 0.15) is 6.61 Å². The predicted octanol–water partition coefficient (Wildman–Crippen LogP) is 4.77. The van der Waals surface area contributed by atoms with Crippen molar-refractivity contribution in [2.75, 3.05) is 13.7 Å². The Labute approximate surface area is 190 Å². The molecular weight excluding hydrogens is 443 g/mol. The van der Waals surface area contributed by atoms with Crippen molar-refractivity contribution in [1.82, 2.24) is 10.6 Å². The molecule has 0 aliphatic carbocycles. The number of carbonyl (C=O) groups excluding carboxylic acids is 2. The van der Waals surface area contributed by atoms with Gasteiger partial charge in [-0.25, -0.2) is 9.59 Å². The minimum absolute atomic E-state index is 0.214. The largest absolute Gasteiger partial charge is 0.490 e. The first-order valence-electron chi connectivity index (χ1n) is 9.54. The number of carbonyl (C=O) groups is 2. The smallest absolute Gasteiger partial charge is 0.337 e. The fourth-order valence-electron chi connectivity index (χ4n) is 3.21. The average Bonchev–Trinajstić information content (AvgIpc) is 2.73. The Hall–Kier alpha value is -2.90. The topological polar surface area (TPSA) is 85.9 Å². The maximum absolute atomic E-state index is 12.3. The summed E-state index contributed by atoms with van der Waals surface area (Å²) >= 11 is 12.2. The van der Waals surface area contributed by atoms with Gasteiger partial charge in [-0.15, -0.1) is 0 Å². The zero-order valence-electron chi connectivity index (χ0n) is 17.3. The highest BCUT2D eigenvalue weighted by atomic mass is 35.5. The van der Waals surface area contributed by atoms with Gasteiger partial charge in [0.25, 0.3) is 0 Å². The molecule has 0 fully saturated rings. The summed E-state index contributed by atoms with van der Waals surface area (Å²) in [6.45, 7) is 4.11. The first kappa shape index (κ1) is 22.8. The van der Waals surface area contributed by atoms with Crippen LogP contribution in [0.15, 0.2) is 47.7 Å². The highest BCUT2D eigenvalue weighted by Crippen LogP contribution is 2.35. The second kappa shape index (κ2) is 9.94. The molecule has 0 saturated carbocycles. The maximum Gasteiger partial charge on any atom is 0.337 e. The van der Waals surface area contributed by atoms with Gasteiger partial charge in [0.05, 0.1) is 25.3 Å². The standard InChI is InChI=1S/C22H22Cl2N2O5/c1-4-30-18-9-13(20-19(21(27)29-3)12(2)25-22(28)26-20)6-8-17(18)31-11-14-5-7-15(23)10-16(14)24/h5-10,20H,4,11H2,1-3H3,(H2,25,26,28). The van der Waals surface area contributed by atoms with Crippen molar-refractivity contribution in [2.45, 2.75) is 26.5 Å². The molecule has 1 atom stereocenters. The van der Waals surface area contributed by atoms with Crippen molar-refractivity contribution < 1.29 is 23.8 Å². The molecule has 2 N–H and O–H groups in total. The van der Waals surface area contributed by atoms with Gasteiger partial charge in [0.2, 0.25) is 0 Å². The molecule has 9 heteroatoms. The SMILES string of the molecule is CCOc1cc(C2NC(=O)NC(C)=C2C(=O)OC)ccc1OCc1ccc(Cl)cc1Cl. The molecule has 7 nitrogen and oxygen atoms in total. The molecule has 0 aromatic heterocycles. The lowest BCUT2D eigenvalue weighted by Crippen LogP contribution is -2.45. The van der Waals surface area contributed by atoms with E-state index in [-0.39, 0.29) is 6.61 Å². The van der Waals surface area contributed by atoms with Crippen LogP contribution in [0.4, 0.5) is 4.79 Å². The lowest BCUT2D eigenvalue weighted by atomic mass is 9.95. The van der Waals surface area contributed by atoms with Crippen molar-refractivity contribution in [1.29, 1.82) is 0 Å². The van der Waals surface area contributed by atoms with Crippen molar-refractivity contribution in [3.05, 3.63) is 68.8 Å². The van der Waals surface area contributed by atoms with Gasteiger partial charge in [0, 0.05) is 21.3 Å². The highest BCUT2D eigenvalue weighted by Gasteiger charge is 2.32. The van der Waals surface area contributed by atoms with E-state index in [0.29, 0.717) is 45.0 Å². The molecular formula is C22H22Cl2N2O5. The van der Waals surface area contributed by atoms with Crippen LogP contribution in [0, 0.1) is 0 Å². The zero-order chi connectivity index (χ0) is 22.5. The fraction of sp³-hybridized carbons (Fsp3) is 0.273. The molecule has 2 aromatic carbocycles. The van der Waals surface area contributed by atoms with E-state index in [9.17, 15) is 9.59 Å².